The largest absolute Gasteiger partial charge is 3.00 e. The zero-order valence-electron chi connectivity index (χ0n) is 17.8. The van der Waals surface area contributed by atoms with Crippen molar-refractivity contribution in [2.45, 2.75) is 12.8 Å². The first kappa shape index (κ1) is 44.9. The van der Waals surface area contributed by atoms with Crippen LogP contribution in [-0.4, -0.2) is 88.2 Å². The molecule has 0 atom stereocenters. The Morgan fingerprint density at radius 2 is 0.543 bits per heavy atom. The summed E-state index contributed by atoms with van der Waals surface area (Å²) in [5, 5.41) is 85.2. The van der Waals surface area contributed by atoms with Crippen molar-refractivity contribution in [3.63, 3.8) is 0 Å². The van der Waals surface area contributed by atoms with E-state index in [-0.39, 0.29) is 16.5 Å². The Morgan fingerprint density at radius 3 is 0.657 bits per heavy atom. The minimum atomic E-state index is -1.75. The van der Waals surface area contributed by atoms with Crippen molar-refractivity contribution in [3.8, 4) is 0 Å². The van der Waals surface area contributed by atoms with Crippen LogP contribution in [0.3, 0.4) is 0 Å². The third kappa shape index (κ3) is 228. The summed E-state index contributed by atoms with van der Waals surface area (Å²) in [6.45, 7) is 8.87. The van der Waals surface area contributed by atoms with Crippen LogP contribution >= 0.6 is 0 Å². The average molecular weight is 571 g/mol. The van der Waals surface area contributed by atoms with Crippen molar-refractivity contribution < 1.29 is 52.3 Å². The number of nitrogens with one attached hydrogen (secondary N) is 4. The van der Waals surface area contributed by atoms with Gasteiger partial charge in [0.1, 0.15) is 0 Å². The fraction of sp³-hybridized carbons (Fsp3) is 1.00. The molecule has 1 heterocycles. The Morgan fingerprint density at radius 1 is 0.429 bits per heavy atom. The molecule has 35 heavy (non-hydrogen) atoms. The summed E-state index contributed by atoms with van der Waals surface area (Å²) in [5.74, 6) is 0. The standard InChI is InChI=1S/C10H24N4.2HNO3.3NO3.Ni/c1-3-11-7-9-13-5-2-6-14-10-8-12-4-1;5*2-1(3)4;/h11-14H,1-10H2;2*(H,2,3,4);;;;/q;;;3*-1;+3. The van der Waals surface area contributed by atoms with E-state index in [0.717, 1.165) is 52.4 Å². The Kier molecular flexibility index (Phi) is 52.2. The molecule has 0 unspecified atom stereocenters. The normalized spacial score (nSPS) is 13.0. The van der Waals surface area contributed by atoms with Gasteiger partial charge in [0.15, 0.2) is 0 Å². The molecular formula is C10H26N9NiO15. The van der Waals surface area contributed by atoms with Crippen LogP contribution in [0.25, 0.3) is 0 Å². The van der Waals surface area contributed by atoms with Gasteiger partial charge in [-0.1, -0.05) is 0 Å². The van der Waals surface area contributed by atoms with Crippen molar-refractivity contribution in [2.24, 2.45) is 0 Å². The molecule has 211 valence electrons. The van der Waals surface area contributed by atoms with Crippen molar-refractivity contribution in [2.75, 3.05) is 52.4 Å². The maximum Gasteiger partial charge on any atom is 3.00 e. The van der Waals surface area contributed by atoms with Crippen LogP contribution in [0.1, 0.15) is 12.8 Å². The second kappa shape index (κ2) is 40.7. The molecule has 0 bridgehead atoms. The smallest absolute Gasteiger partial charge is 0.356 e. The summed E-state index contributed by atoms with van der Waals surface area (Å²) >= 11 is 0. The van der Waals surface area contributed by atoms with Gasteiger partial charge >= 0.3 is 16.5 Å². The van der Waals surface area contributed by atoms with Crippen LogP contribution in [0, 0.1) is 66.2 Å². The van der Waals surface area contributed by atoms with Crippen LogP contribution < -0.4 is 21.3 Å². The van der Waals surface area contributed by atoms with Crippen LogP contribution in [0.15, 0.2) is 0 Å². The maximum atomic E-state index is 8.36. The second-order valence-electron chi connectivity index (χ2n) is 4.85. The van der Waals surface area contributed by atoms with Crippen LogP contribution in [0.4, 0.5) is 0 Å². The van der Waals surface area contributed by atoms with E-state index < -0.39 is 25.4 Å². The zero-order chi connectivity index (χ0) is 27.8. The molecule has 0 amide bonds. The van der Waals surface area contributed by atoms with E-state index in [1.807, 2.05) is 0 Å². The molecule has 0 aromatic rings. The number of hydrogen-bond acceptors (Lipinski definition) is 17. The van der Waals surface area contributed by atoms with Crippen molar-refractivity contribution in [3.05, 3.63) is 66.2 Å². The van der Waals surface area contributed by atoms with Gasteiger partial charge in [0.25, 0.3) is 10.2 Å². The van der Waals surface area contributed by atoms with Gasteiger partial charge in [-0.25, -0.2) is 0 Å². The molecule has 0 spiro atoms. The van der Waals surface area contributed by atoms with Gasteiger partial charge < -0.3 is 77.6 Å². The summed E-state index contributed by atoms with van der Waals surface area (Å²) in [6.07, 6.45) is 2.44. The molecule has 1 aliphatic rings. The van der Waals surface area contributed by atoms with E-state index in [1.165, 1.54) is 12.8 Å². The van der Waals surface area contributed by atoms with Gasteiger partial charge in [0.05, 0.1) is 15.3 Å². The Hall–Kier alpha value is -3.67. The first-order valence-corrected chi connectivity index (χ1v) is 8.60. The third-order valence-corrected chi connectivity index (χ3v) is 2.37. The molecule has 0 aliphatic carbocycles. The molecule has 0 aromatic carbocycles. The van der Waals surface area contributed by atoms with E-state index in [4.69, 9.17) is 76.6 Å². The maximum absolute atomic E-state index is 8.36. The minimum Gasteiger partial charge on any atom is -0.356 e. The Balaban J connectivity index is -0.0000000834. The fourth-order valence-corrected chi connectivity index (χ4v) is 1.53. The zero-order valence-corrected chi connectivity index (χ0v) is 18.8. The van der Waals surface area contributed by atoms with Gasteiger partial charge in [0.2, 0.25) is 0 Å². The monoisotopic (exact) mass is 570 g/mol. The fourth-order valence-electron chi connectivity index (χ4n) is 1.53. The molecule has 1 rings (SSSR count). The van der Waals surface area contributed by atoms with E-state index in [9.17, 15) is 0 Å². The van der Waals surface area contributed by atoms with Crippen LogP contribution in [-0.2, 0) is 16.5 Å². The van der Waals surface area contributed by atoms with Crippen molar-refractivity contribution in [1.82, 2.24) is 21.3 Å². The van der Waals surface area contributed by atoms with Gasteiger partial charge in [0, 0.05) is 26.2 Å². The van der Waals surface area contributed by atoms with Gasteiger partial charge in [-0.05, 0) is 39.0 Å². The van der Waals surface area contributed by atoms with Crippen molar-refractivity contribution in [1.29, 1.82) is 0 Å². The molecule has 25 heteroatoms. The summed E-state index contributed by atoms with van der Waals surface area (Å²) in [5.41, 5.74) is 0. The van der Waals surface area contributed by atoms with Crippen LogP contribution in [0.5, 0.6) is 0 Å². The van der Waals surface area contributed by atoms with Gasteiger partial charge in [-0.15, -0.1) is 20.2 Å². The van der Waals surface area contributed by atoms with E-state index in [0.29, 0.717) is 0 Å². The van der Waals surface area contributed by atoms with Gasteiger partial charge in [-0.3, -0.25) is 0 Å². The number of hydrogen-bond donors (Lipinski definition) is 6. The summed E-state index contributed by atoms with van der Waals surface area (Å²) in [7, 11) is 0. The molecule has 24 nitrogen and oxygen atoms in total. The third-order valence-electron chi connectivity index (χ3n) is 2.37. The first-order chi connectivity index (χ1) is 15.7. The molecule has 1 fully saturated rings. The molecule has 1 saturated heterocycles. The molecule has 0 aromatic heterocycles. The predicted molar refractivity (Wildman–Crippen MR) is 109 cm³/mol. The van der Waals surface area contributed by atoms with E-state index in [1.54, 1.807) is 0 Å². The van der Waals surface area contributed by atoms with E-state index >= 15 is 0 Å². The molecule has 0 saturated carbocycles. The summed E-state index contributed by atoms with van der Waals surface area (Å²) in [6, 6.07) is 0. The first-order valence-electron chi connectivity index (χ1n) is 8.60. The predicted octanol–water partition coefficient (Wildman–Crippen LogP) is -2.28. The summed E-state index contributed by atoms with van der Waals surface area (Å²) in [4.78, 5) is 41.5. The minimum absolute atomic E-state index is 0. The second-order valence-corrected chi connectivity index (χ2v) is 4.85. The topological polar surface area (TPSA) is 373 Å². The molecule has 1 aliphatic heterocycles. The quantitative estimate of drug-likeness (QED) is 0.101. The number of rotatable bonds is 0. The van der Waals surface area contributed by atoms with Crippen LogP contribution in [0.2, 0.25) is 0 Å². The Labute approximate surface area is 205 Å². The summed E-state index contributed by atoms with van der Waals surface area (Å²) < 4.78 is 0. The molecule has 1 radical (unpaired) electrons. The SMILES string of the molecule is C1CNCCNCCCNCCNC1.O=[N+]([O-])O.O=[N+]([O-])O.O=[N+]([O-])[O-].O=[N+]([O-])[O-].O=[N+]([O-])[O-].[Ni+3]. The number of nitrogens with zero attached hydrogens (tertiary/aromatic N) is 5. The molecular weight excluding hydrogens is 545 g/mol. The van der Waals surface area contributed by atoms with Crippen molar-refractivity contribution >= 4 is 0 Å². The molecule has 6 N–H and O–H groups in total. The average Bonchev–Trinajstić information content (AvgIpc) is 2.61. The Bertz CT molecular complexity index is 377. The van der Waals surface area contributed by atoms with E-state index in [2.05, 4.69) is 21.3 Å². The van der Waals surface area contributed by atoms with Gasteiger partial charge in [-0.2, -0.15) is 0 Å².